The van der Waals surface area contributed by atoms with E-state index in [0.29, 0.717) is 5.56 Å². The van der Waals surface area contributed by atoms with Gasteiger partial charge in [0.15, 0.2) is 0 Å². The first-order valence-corrected chi connectivity index (χ1v) is 6.21. The molecule has 0 saturated heterocycles. The zero-order valence-corrected chi connectivity index (χ0v) is 11.9. The molecule has 20 heavy (non-hydrogen) atoms. The van der Waals surface area contributed by atoms with Crippen LogP contribution >= 0.6 is 0 Å². The molecular formula is C14H19F2NO3. The maximum atomic E-state index is 12.3. The van der Waals surface area contributed by atoms with Crippen molar-refractivity contribution in [2.24, 2.45) is 0 Å². The number of hydrogen-bond donors (Lipinski definition) is 1. The number of methoxy groups -OCH3 is 1. The normalized spacial score (nSPS) is 14.2. The van der Waals surface area contributed by atoms with Gasteiger partial charge in [0, 0.05) is 6.04 Å². The molecule has 1 rings (SSSR count). The molecule has 112 valence electrons. The number of alkyl halides is 2. The summed E-state index contributed by atoms with van der Waals surface area (Å²) in [4.78, 5) is 12.0. The smallest absolute Gasteiger partial charge is 0.387 e. The van der Waals surface area contributed by atoms with Gasteiger partial charge in [-0.2, -0.15) is 8.78 Å². The van der Waals surface area contributed by atoms with Crippen LogP contribution < -0.4 is 10.1 Å². The summed E-state index contributed by atoms with van der Waals surface area (Å²) in [7, 11) is 1.28. The Morgan fingerprint density at radius 1 is 1.35 bits per heavy atom. The van der Waals surface area contributed by atoms with Gasteiger partial charge in [0.05, 0.1) is 7.11 Å². The van der Waals surface area contributed by atoms with Crippen LogP contribution in [0.15, 0.2) is 24.3 Å². The predicted molar refractivity (Wildman–Crippen MR) is 70.7 cm³/mol. The molecule has 0 heterocycles. The van der Waals surface area contributed by atoms with E-state index in [1.54, 1.807) is 19.1 Å². The van der Waals surface area contributed by atoms with Gasteiger partial charge in [0.25, 0.3) is 0 Å². The molecule has 0 saturated carbocycles. The number of hydrogen-bond acceptors (Lipinski definition) is 4. The average molecular weight is 287 g/mol. The third-order valence-electron chi connectivity index (χ3n) is 2.81. The van der Waals surface area contributed by atoms with Gasteiger partial charge in [0.1, 0.15) is 11.3 Å². The number of halogens is 2. The Kier molecular flexibility index (Phi) is 5.44. The van der Waals surface area contributed by atoms with Crippen molar-refractivity contribution in [3.05, 3.63) is 29.8 Å². The summed E-state index contributed by atoms with van der Waals surface area (Å²) < 4.78 is 33.7. The van der Waals surface area contributed by atoms with E-state index in [-0.39, 0.29) is 11.8 Å². The zero-order chi connectivity index (χ0) is 15.3. The van der Waals surface area contributed by atoms with E-state index in [4.69, 9.17) is 4.74 Å². The first kappa shape index (κ1) is 16.4. The topological polar surface area (TPSA) is 47.6 Å². The number of benzene rings is 1. The highest BCUT2D eigenvalue weighted by molar-refractivity contribution is 5.82. The Morgan fingerprint density at radius 3 is 2.50 bits per heavy atom. The molecule has 0 aliphatic rings. The van der Waals surface area contributed by atoms with Crippen LogP contribution in [0.25, 0.3) is 0 Å². The second-order valence-electron chi connectivity index (χ2n) is 4.82. The van der Waals surface area contributed by atoms with Crippen molar-refractivity contribution in [3.63, 3.8) is 0 Å². The largest absolute Gasteiger partial charge is 0.467 e. The quantitative estimate of drug-likeness (QED) is 0.817. The number of carbonyl (C=O) groups is 1. The summed E-state index contributed by atoms with van der Waals surface area (Å²) >= 11 is 0. The maximum Gasteiger partial charge on any atom is 0.387 e. The second-order valence-corrected chi connectivity index (χ2v) is 4.82. The molecule has 1 N–H and O–H groups in total. The minimum Gasteiger partial charge on any atom is -0.467 e. The van der Waals surface area contributed by atoms with Gasteiger partial charge in [0.2, 0.25) is 0 Å². The molecule has 0 radical (unpaired) electrons. The van der Waals surface area contributed by atoms with Crippen LogP contribution in [0.3, 0.4) is 0 Å². The molecule has 0 aromatic heterocycles. The molecule has 1 aromatic carbocycles. The van der Waals surface area contributed by atoms with Crippen molar-refractivity contribution in [1.82, 2.24) is 5.32 Å². The van der Waals surface area contributed by atoms with Crippen LogP contribution in [0.2, 0.25) is 0 Å². The highest BCUT2D eigenvalue weighted by Crippen LogP contribution is 2.27. The Balaban J connectivity index is 3.17. The fraction of sp³-hybridized carbons (Fsp3) is 0.500. The van der Waals surface area contributed by atoms with Gasteiger partial charge >= 0.3 is 12.6 Å². The molecule has 0 fully saturated rings. The number of rotatable bonds is 6. The van der Waals surface area contributed by atoms with Crippen LogP contribution in [0.4, 0.5) is 8.78 Å². The summed E-state index contributed by atoms with van der Waals surface area (Å²) in [6.07, 6.45) is 0. The summed E-state index contributed by atoms with van der Waals surface area (Å²) in [5.74, 6) is -0.501. The van der Waals surface area contributed by atoms with Crippen molar-refractivity contribution in [3.8, 4) is 5.75 Å². The minimum absolute atomic E-state index is 0.00114. The standard InChI is InChI=1S/C14H19F2NO3/c1-9(2)17-14(3,12(18)19-4)10-6-5-7-11(8-10)20-13(15)16/h5-9,13,17H,1-4H3. The predicted octanol–water partition coefficient (Wildman–Crippen LogP) is 2.67. The molecule has 0 spiro atoms. The van der Waals surface area contributed by atoms with Crippen LogP contribution in [0.1, 0.15) is 26.3 Å². The lowest BCUT2D eigenvalue weighted by molar-refractivity contribution is -0.148. The van der Waals surface area contributed by atoms with E-state index in [2.05, 4.69) is 10.1 Å². The molecule has 0 amide bonds. The van der Waals surface area contributed by atoms with Crippen LogP contribution in [0, 0.1) is 0 Å². The number of ether oxygens (including phenoxy) is 2. The van der Waals surface area contributed by atoms with Gasteiger partial charge in [-0.25, -0.2) is 4.79 Å². The first-order chi connectivity index (χ1) is 9.29. The van der Waals surface area contributed by atoms with Gasteiger partial charge in [-0.1, -0.05) is 12.1 Å². The van der Waals surface area contributed by atoms with Crippen molar-refractivity contribution in [2.75, 3.05) is 7.11 Å². The van der Waals surface area contributed by atoms with Crippen LogP contribution in [0.5, 0.6) is 5.75 Å². The van der Waals surface area contributed by atoms with E-state index < -0.39 is 18.1 Å². The Bertz CT molecular complexity index is 465. The molecule has 6 heteroatoms. The van der Waals surface area contributed by atoms with Crippen molar-refractivity contribution >= 4 is 5.97 Å². The summed E-state index contributed by atoms with van der Waals surface area (Å²) in [6.45, 7) is 2.48. The summed E-state index contributed by atoms with van der Waals surface area (Å²) in [5.41, 5.74) is -0.638. The number of carbonyl (C=O) groups excluding carboxylic acids is 1. The van der Waals surface area contributed by atoms with Gasteiger partial charge in [-0.05, 0) is 38.5 Å². The molecule has 1 atom stereocenters. The Hall–Kier alpha value is -1.69. The fourth-order valence-corrected chi connectivity index (χ4v) is 2.02. The molecule has 0 aliphatic carbocycles. The highest BCUT2D eigenvalue weighted by Gasteiger charge is 2.37. The van der Waals surface area contributed by atoms with E-state index >= 15 is 0 Å². The van der Waals surface area contributed by atoms with E-state index in [1.165, 1.54) is 19.2 Å². The first-order valence-electron chi connectivity index (χ1n) is 6.21. The Morgan fingerprint density at radius 2 is 2.00 bits per heavy atom. The third-order valence-corrected chi connectivity index (χ3v) is 2.81. The monoisotopic (exact) mass is 287 g/mol. The zero-order valence-electron chi connectivity index (χ0n) is 11.9. The average Bonchev–Trinajstić information content (AvgIpc) is 2.36. The molecule has 0 aliphatic heterocycles. The van der Waals surface area contributed by atoms with Gasteiger partial charge < -0.3 is 9.47 Å². The van der Waals surface area contributed by atoms with Crippen molar-refractivity contribution in [2.45, 2.75) is 39.0 Å². The van der Waals surface area contributed by atoms with Crippen LogP contribution in [-0.4, -0.2) is 25.7 Å². The molecule has 0 bridgehead atoms. The lowest BCUT2D eigenvalue weighted by Gasteiger charge is -2.30. The summed E-state index contributed by atoms with van der Waals surface area (Å²) in [5, 5.41) is 3.09. The second kappa shape index (κ2) is 6.65. The third kappa shape index (κ3) is 3.90. The lowest BCUT2D eigenvalue weighted by atomic mass is 9.91. The van der Waals surface area contributed by atoms with E-state index in [1.807, 2.05) is 13.8 Å². The SMILES string of the molecule is COC(=O)C(C)(NC(C)C)c1cccc(OC(F)F)c1. The van der Waals surface area contributed by atoms with Crippen molar-refractivity contribution in [1.29, 1.82) is 0 Å². The Labute approximate surface area is 117 Å². The molecule has 1 aromatic rings. The lowest BCUT2D eigenvalue weighted by Crippen LogP contribution is -2.50. The number of nitrogens with one attached hydrogen (secondary N) is 1. The van der Waals surface area contributed by atoms with Gasteiger partial charge in [-0.3, -0.25) is 5.32 Å². The van der Waals surface area contributed by atoms with E-state index in [9.17, 15) is 13.6 Å². The van der Waals surface area contributed by atoms with Crippen LogP contribution in [-0.2, 0) is 15.1 Å². The van der Waals surface area contributed by atoms with Crippen molar-refractivity contribution < 1.29 is 23.0 Å². The van der Waals surface area contributed by atoms with Gasteiger partial charge in [-0.15, -0.1) is 0 Å². The van der Waals surface area contributed by atoms with E-state index in [0.717, 1.165) is 0 Å². The fourth-order valence-electron chi connectivity index (χ4n) is 2.02. The maximum absolute atomic E-state index is 12.3. The minimum atomic E-state index is -2.91. The summed E-state index contributed by atoms with van der Waals surface area (Å²) in [6, 6.07) is 6.01. The number of esters is 1. The molecular weight excluding hydrogens is 268 g/mol. The molecule has 1 unspecified atom stereocenters. The molecule has 4 nitrogen and oxygen atoms in total. The highest BCUT2D eigenvalue weighted by atomic mass is 19.3.